The van der Waals surface area contributed by atoms with Gasteiger partial charge in [0, 0.05) is 30.0 Å². The molecular weight excluding hydrogens is 390 g/mol. The number of nitrogens with two attached hydrogens (primary N) is 1. The molecule has 1 aliphatic heterocycles. The molecule has 0 atom stereocenters. The van der Waals surface area contributed by atoms with Crippen molar-refractivity contribution < 1.29 is 4.74 Å². The van der Waals surface area contributed by atoms with E-state index >= 15 is 0 Å². The van der Waals surface area contributed by atoms with E-state index in [9.17, 15) is 0 Å². The van der Waals surface area contributed by atoms with Crippen molar-refractivity contribution >= 4 is 27.8 Å². The molecule has 0 bridgehead atoms. The Hall–Kier alpha value is -2.97. The third-order valence-corrected chi connectivity index (χ3v) is 6.88. The molecule has 160 valence electrons. The number of anilines is 1. The number of hydrogen-bond donors (Lipinski definition) is 2. The molecule has 0 amide bonds. The predicted molar refractivity (Wildman–Crippen MR) is 121 cm³/mol. The summed E-state index contributed by atoms with van der Waals surface area (Å²) in [7, 11) is 0. The van der Waals surface area contributed by atoms with Gasteiger partial charge in [-0.25, -0.2) is 14.6 Å². The molecule has 8 heteroatoms. The van der Waals surface area contributed by atoms with Gasteiger partial charge in [-0.15, -0.1) is 0 Å². The van der Waals surface area contributed by atoms with E-state index in [1.807, 2.05) is 12.1 Å². The van der Waals surface area contributed by atoms with Crippen molar-refractivity contribution in [1.29, 1.82) is 0 Å². The van der Waals surface area contributed by atoms with Crippen molar-refractivity contribution in [2.75, 3.05) is 32.0 Å². The lowest BCUT2D eigenvalue weighted by Gasteiger charge is -2.38. The van der Waals surface area contributed by atoms with Crippen LogP contribution in [-0.2, 0) is 4.74 Å². The summed E-state index contributed by atoms with van der Waals surface area (Å²) >= 11 is 0. The van der Waals surface area contributed by atoms with Crippen LogP contribution in [0.3, 0.4) is 0 Å². The Morgan fingerprint density at radius 2 is 1.77 bits per heavy atom. The molecule has 3 aromatic heterocycles. The average molecular weight is 418 g/mol. The van der Waals surface area contributed by atoms with Crippen LogP contribution in [0, 0.1) is 0 Å². The number of fused-ring (bicyclic) bond motifs is 2. The smallest absolute Gasteiger partial charge is 0.164 e. The summed E-state index contributed by atoms with van der Waals surface area (Å²) in [6.07, 6.45) is 6.08. The molecule has 4 heterocycles. The highest BCUT2D eigenvalue weighted by Gasteiger charge is 2.30. The fraction of sp³-hybridized carbons (Fsp3) is 0.435. The van der Waals surface area contributed by atoms with Crippen LogP contribution in [0.1, 0.15) is 31.7 Å². The number of para-hydroxylation sites is 1. The van der Waals surface area contributed by atoms with Crippen LogP contribution >= 0.6 is 0 Å². The van der Waals surface area contributed by atoms with Gasteiger partial charge >= 0.3 is 0 Å². The van der Waals surface area contributed by atoms with Crippen LogP contribution in [0.2, 0.25) is 0 Å². The molecule has 1 aromatic carbocycles. The van der Waals surface area contributed by atoms with Crippen molar-refractivity contribution in [2.24, 2.45) is 0 Å². The van der Waals surface area contributed by atoms with Crippen molar-refractivity contribution in [2.45, 2.75) is 37.8 Å². The zero-order valence-electron chi connectivity index (χ0n) is 17.5. The fourth-order valence-electron chi connectivity index (χ4n) is 5.25. The van der Waals surface area contributed by atoms with Crippen molar-refractivity contribution in [3.05, 3.63) is 36.7 Å². The Labute approximate surface area is 180 Å². The number of nitrogens with one attached hydrogen (secondary N) is 1. The maximum absolute atomic E-state index is 6.31. The largest absolute Gasteiger partial charge is 0.383 e. The SMILES string of the molecule is Nc1ncnc2c1c(-c1cc3ccccc3[nH]1)nn2[C@H]1CC[C@H](N2CCOCC2)CC1. The number of hydrogen-bond acceptors (Lipinski definition) is 6. The van der Waals surface area contributed by atoms with Crippen LogP contribution in [0.15, 0.2) is 36.7 Å². The summed E-state index contributed by atoms with van der Waals surface area (Å²) in [5.41, 5.74) is 10.0. The van der Waals surface area contributed by atoms with Crippen molar-refractivity contribution in [1.82, 2.24) is 29.6 Å². The van der Waals surface area contributed by atoms with Gasteiger partial charge in [-0.1, -0.05) is 18.2 Å². The first-order valence-electron chi connectivity index (χ1n) is 11.2. The summed E-state index contributed by atoms with van der Waals surface area (Å²) in [5, 5.41) is 7.04. The number of H-pyrrole nitrogens is 1. The zero-order chi connectivity index (χ0) is 20.8. The summed E-state index contributed by atoms with van der Waals surface area (Å²) in [4.78, 5) is 14.9. The van der Waals surface area contributed by atoms with E-state index in [1.165, 1.54) is 12.8 Å². The first kappa shape index (κ1) is 18.8. The van der Waals surface area contributed by atoms with Crippen LogP contribution in [0.4, 0.5) is 5.82 Å². The molecule has 31 heavy (non-hydrogen) atoms. The van der Waals surface area contributed by atoms with Crippen LogP contribution < -0.4 is 5.73 Å². The lowest BCUT2D eigenvalue weighted by atomic mass is 9.90. The Morgan fingerprint density at radius 3 is 2.58 bits per heavy atom. The first-order chi connectivity index (χ1) is 15.3. The molecule has 3 N–H and O–H groups in total. The summed E-state index contributed by atoms with van der Waals surface area (Å²) in [6.45, 7) is 3.81. The van der Waals surface area contributed by atoms with E-state index in [2.05, 4.69) is 42.7 Å². The number of benzene rings is 1. The van der Waals surface area contributed by atoms with Gasteiger partial charge in [-0.05, 0) is 37.8 Å². The summed E-state index contributed by atoms with van der Waals surface area (Å²) in [6, 6.07) is 11.3. The third kappa shape index (κ3) is 3.26. The predicted octanol–water partition coefficient (Wildman–Crippen LogP) is 3.37. The third-order valence-electron chi connectivity index (χ3n) is 6.88. The second-order valence-electron chi connectivity index (χ2n) is 8.63. The number of rotatable bonds is 3. The van der Waals surface area contributed by atoms with E-state index in [0.717, 1.165) is 72.5 Å². The number of aromatic amines is 1. The number of nitrogens with zero attached hydrogens (tertiary/aromatic N) is 5. The molecule has 4 aromatic rings. The van der Waals surface area contributed by atoms with Gasteiger partial charge in [0.1, 0.15) is 17.8 Å². The summed E-state index contributed by atoms with van der Waals surface area (Å²) in [5.74, 6) is 0.479. The van der Waals surface area contributed by atoms with Gasteiger partial charge < -0.3 is 15.5 Å². The number of aromatic nitrogens is 5. The Kier molecular flexibility index (Phi) is 4.61. The van der Waals surface area contributed by atoms with E-state index in [4.69, 9.17) is 15.6 Å². The Bertz CT molecular complexity index is 1180. The standard InChI is InChI=1S/C23H27N7O/c24-22-20-21(19-13-15-3-1-2-4-18(15)27-19)28-30(23(20)26-14-25-22)17-7-5-16(6-8-17)29-9-11-31-12-10-29/h1-4,13-14,16-17,27H,5-12H2,(H2,24,25,26)/t16-,17-. The summed E-state index contributed by atoms with van der Waals surface area (Å²) < 4.78 is 7.62. The van der Waals surface area contributed by atoms with Crippen molar-refractivity contribution in [3.8, 4) is 11.4 Å². The zero-order valence-corrected chi connectivity index (χ0v) is 17.5. The highest BCUT2D eigenvalue weighted by Crippen LogP contribution is 2.37. The monoisotopic (exact) mass is 417 g/mol. The second-order valence-corrected chi connectivity index (χ2v) is 8.63. The highest BCUT2D eigenvalue weighted by molar-refractivity contribution is 5.99. The molecule has 8 nitrogen and oxygen atoms in total. The highest BCUT2D eigenvalue weighted by atomic mass is 16.5. The molecule has 2 aliphatic rings. The maximum Gasteiger partial charge on any atom is 0.164 e. The lowest BCUT2D eigenvalue weighted by Crippen LogP contribution is -2.45. The van der Waals surface area contributed by atoms with E-state index in [1.54, 1.807) is 6.33 Å². The van der Waals surface area contributed by atoms with Gasteiger partial charge in [0.2, 0.25) is 0 Å². The minimum Gasteiger partial charge on any atom is -0.383 e. The molecule has 1 saturated heterocycles. The van der Waals surface area contributed by atoms with Crippen LogP contribution in [0.5, 0.6) is 0 Å². The van der Waals surface area contributed by atoms with Gasteiger partial charge in [0.25, 0.3) is 0 Å². The second kappa shape index (κ2) is 7.62. The van der Waals surface area contributed by atoms with Gasteiger partial charge in [-0.2, -0.15) is 5.10 Å². The Balaban J connectivity index is 1.35. The Morgan fingerprint density at radius 1 is 1.00 bits per heavy atom. The van der Waals surface area contributed by atoms with E-state index < -0.39 is 0 Å². The number of morpholine rings is 1. The lowest BCUT2D eigenvalue weighted by molar-refractivity contribution is 0.00520. The van der Waals surface area contributed by atoms with Gasteiger partial charge in [0.05, 0.1) is 30.3 Å². The topological polar surface area (TPSA) is 97.9 Å². The van der Waals surface area contributed by atoms with Crippen LogP contribution in [-0.4, -0.2) is 62.0 Å². The first-order valence-corrected chi connectivity index (χ1v) is 11.2. The molecule has 1 aliphatic carbocycles. The quantitative estimate of drug-likeness (QED) is 0.530. The van der Waals surface area contributed by atoms with E-state index in [0.29, 0.717) is 17.9 Å². The molecule has 2 fully saturated rings. The maximum atomic E-state index is 6.31. The number of nitrogen functional groups attached to an aromatic ring is 1. The van der Waals surface area contributed by atoms with E-state index in [-0.39, 0.29) is 0 Å². The molecule has 0 radical (unpaired) electrons. The number of ether oxygens (including phenoxy) is 1. The molecule has 0 spiro atoms. The normalized spacial score (nSPS) is 23.0. The van der Waals surface area contributed by atoms with Crippen LogP contribution in [0.25, 0.3) is 33.3 Å². The van der Waals surface area contributed by atoms with Crippen molar-refractivity contribution in [3.63, 3.8) is 0 Å². The minimum absolute atomic E-state index is 0.326. The molecule has 0 unspecified atom stereocenters. The van der Waals surface area contributed by atoms with Gasteiger partial charge in [-0.3, -0.25) is 4.90 Å². The molecule has 1 saturated carbocycles. The fourth-order valence-corrected chi connectivity index (χ4v) is 5.25. The van der Waals surface area contributed by atoms with Gasteiger partial charge in [0.15, 0.2) is 5.65 Å². The average Bonchev–Trinajstić information content (AvgIpc) is 3.42. The minimum atomic E-state index is 0.326. The molecular formula is C23H27N7O. The molecule has 6 rings (SSSR count).